The number of hydrogen-bond acceptors (Lipinski definition) is 5. The van der Waals surface area contributed by atoms with Gasteiger partial charge in [-0.15, -0.1) is 11.3 Å². The van der Waals surface area contributed by atoms with Crippen molar-refractivity contribution in [1.82, 2.24) is 9.62 Å². The van der Waals surface area contributed by atoms with Gasteiger partial charge in [0.15, 0.2) is 0 Å². The highest BCUT2D eigenvalue weighted by Crippen LogP contribution is 2.26. The second-order valence-corrected chi connectivity index (χ2v) is 8.24. The molecule has 1 fully saturated rings. The monoisotopic (exact) mass is 370 g/mol. The van der Waals surface area contributed by atoms with Crippen LogP contribution in [0.25, 0.3) is 0 Å². The van der Waals surface area contributed by atoms with Crippen molar-refractivity contribution in [2.45, 2.75) is 10.9 Å². The molecule has 0 spiro atoms. The maximum absolute atomic E-state index is 13.3. The van der Waals surface area contributed by atoms with Gasteiger partial charge in [0, 0.05) is 24.5 Å². The molecule has 1 aliphatic rings. The second-order valence-electron chi connectivity index (χ2n) is 5.49. The number of rotatable bonds is 6. The van der Waals surface area contributed by atoms with E-state index in [1.165, 1.54) is 18.2 Å². The quantitative estimate of drug-likeness (QED) is 0.847. The lowest BCUT2D eigenvalue weighted by Gasteiger charge is -2.34. The van der Waals surface area contributed by atoms with Crippen molar-refractivity contribution < 1.29 is 17.5 Å². The van der Waals surface area contributed by atoms with Crippen molar-refractivity contribution in [3.8, 4) is 0 Å². The lowest BCUT2D eigenvalue weighted by Crippen LogP contribution is -2.43. The molecule has 2 heterocycles. The smallest absolute Gasteiger partial charge is 0.240 e. The van der Waals surface area contributed by atoms with E-state index in [-0.39, 0.29) is 17.5 Å². The van der Waals surface area contributed by atoms with Crippen LogP contribution in [0.1, 0.15) is 10.9 Å². The maximum atomic E-state index is 13.3. The van der Waals surface area contributed by atoms with Crippen LogP contribution in [-0.4, -0.2) is 46.2 Å². The fraction of sp³-hybridized carbons (Fsp3) is 0.375. The first-order chi connectivity index (χ1) is 11.6. The predicted molar refractivity (Wildman–Crippen MR) is 91.0 cm³/mol. The topological polar surface area (TPSA) is 58.6 Å². The molecular formula is C16H19FN2O3S2. The van der Waals surface area contributed by atoms with Gasteiger partial charge in [0.2, 0.25) is 10.0 Å². The number of sulfonamides is 1. The van der Waals surface area contributed by atoms with E-state index in [2.05, 4.69) is 9.62 Å². The fourth-order valence-electron chi connectivity index (χ4n) is 2.69. The van der Waals surface area contributed by atoms with Crippen LogP contribution in [0.2, 0.25) is 0 Å². The largest absolute Gasteiger partial charge is 0.379 e. The third-order valence-electron chi connectivity index (χ3n) is 3.93. The Morgan fingerprint density at radius 3 is 2.71 bits per heavy atom. The van der Waals surface area contributed by atoms with Crippen LogP contribution in [0.3, 0.4) is 0 Å². The van der Waals surface area contributed by atoms with E-state index in [0.717, 1.165) is 24.0 Å². The highest BCUT2D eigenvalue weighted by Gasteiger charge is 2.25. The van der Waals surface area contributed by atoms with Gasteiger partial charge >= 0.3 is 0 Å². The number of benzene rings is 1. The van der Waals surface area contributed by atoms with E-state index in [1.54, 1.807) is 11.3 Å². The molecule has 8 heteroatoms. The molecule has 0 saturated carbocycles. The van der Waals surface area contributed by atoms with E-state index in [9.17, 15) is 12.8 Å². The molecule has 130 valence electrons. The molecule has 1 N–H and O–H groups in total. The Morgan fingerprint density at radius 2 is 2.04 bits per heavy atom. The van der Waals surface area contributed by atoms with Crippen LogP contribution in [0.4, 0.5) is 4.39 Å². The minimum absolute atomic E-state index is 0.0581. The number of halogens is 1. The van der Waals surface area contributed by atoms with Gasteiger partial charge in [-0.25, -0.2) is 17.5 Å². The van der Waals surface area contributed by atoms with Gasteiger partial charge in [0.1, 0.15) is 5.82 Å². The normalized spacial score (nSPS) is 17.7. The number of hydrogen-bond donors (Lipinski definition) is 1. The SMILES string of the molecule is O=S(=O)(NC[C@H](c1cccs1)N1CCOCC1)c1cccc(F)c1. The predicted octanol–water partition coefficient (Wildman–Crippen LogP) is 2.24. The van der Waals surface area contributed by atoms with E-state index in [4.69, 9.17) is 4.74 Å². The molecule has 1 aromatic heterocycles. The van der Waals surface area contributed by atoms with Crippen molar-refractivity contribution in [3.63, 3.8) is 0 Å². The molecule has 0 radical (unpaired) electrons. The van der Waals surface area contributed by atoms with E-state index in [0.29, 0.717) is 13.2 Å². The Hall–Kier alpha value is -1.32. The van der Waals surface area contributed by atoms with Crippen molar-refractivity contribution in [1.29, 1.82) is 0 Å². The van der Waals surface area contributed by atoms with Crippen molar-refractivity contribution in [2.75, 3.05) is 32.8 Å². The minimum atomic E-state index is -3.75. The van der Waals surface area contributed by atoms with Crippen molar-refractivity contribution in [2.24, 2.45) is 0 Å². The standard InChI is InChI=1S/C16H19FN2O3S2/c17-13-3-1-4-14(11-13)24(20,21)18-12-15(16-5-2-10-23-16)19-6-8-22-9-7-19/h1-5,10-11,15,18H,6-9,12H2/t15-/m1/s1. The van der Waals surface area contributed by atoms with E-state index >= 15 is 0 Å². The summed E-state index contributed by atoms with van der Waals surface area (Å²) in [4.78, 5) is 3.25. The van der Waals surface area contributed by atoms with Crippen LogP contribution in [-0.2, 0) is 14.8 Å². The summed E-state index contributed by atoms with van der Waals surface area (Å²) in [6.07, 6.45) is 0. The van der Waals surface area contributed by atoms with Gasteiger partial charge in [0.25, 0.3) is 0 Å². The summed E-state index contributed by atoms with van der Waals surface area (Å²) in [6, 6.07) is 8.93. The number of nitrogens with zero attached hydrogens (tertiary/aromatic N) is 1. The molecule has 1 atom stereocenters. The lowest BCUT2D eigenvalue weighted by molar-refractivity contribution is 0.0179. The summed E-state index contributed by atoms with van der Waals surface area (Å²) in [7, 11) is -3.75. The number of morpholine rings is 1. The number of nitrogens with one attached hydrogen (secondary N) is 1. The Bertz CT molecular complexity index is 759. The Balaban J connectivity index is 1.75. The Kier molecular flexibility index (Phi) is 5.62. The molecule has 2 aromatic rings. The van der Waals surface area contributed by atoms with Crippen molar-refractivity contribution >= 4 is 21.4 Å². The Labute approximate surface area is 145 Å². The van der Waals surface area contributed by atoms with E-state index in [1.807, 2.05) is 17.5 Å². The summed E-state index contributed by atoms with van der Waals surface area (Å²) in [6.45, 7) is 3.02. The first kappa shape index (κ1) is 17.5. The fourth-order valence-corrected chi connectivity index (χ4v) is 4.62. The summed E-state index contributed by atoms with van der Waals surface area (Å²) in [5.74, 6) is -0.569. The van der Waals surface area contributed by atoms with Gasteiger partial charge in [-0.3, -0.25) is 4.90 Å². The van der Waals surface area contributed by atoms with Gasteiger partial charge in [-0.1, -0.05) is 12.1 Å². The first-order valence-corrected chi connectivity index (χ1v) is 10.0. The molecule has 5 nitrogen and oxygen atoms in total. The third-order valence-corrected chi connectivity index (χ3v) is 6.33. The third kappa shape index (κ3) is 4.20. The molecule has 1 saturated heterocycles. The highest BCUT2D eigenvalue weighted by atomic mass is 32.2. The van der Waals surface area contributed by atoms with Crippen LogP contribution in [0, 0.1) is 5.82 Å². The van der Waals surface area contributed by atoms with Crippen LogP contribution in [0.5, 0.6) is 0 Å². The second kappa shape index (κ2) is 7.71. The zero-order valence-electron chi connectivity index (χ0n) is 13.0. The molecule has 3 rings (SSSR count). The number of ether oxygens (including phenoxy) is 1. The molecule has 0 unspecified atom stereocenters. The molecular weight excluding hydrogens is 351 g/mol. The molecule has 1 aliphatic heterocycles. The first-order valence-electron chi connectivity index (χ1n) is 7.67. The van der Waals surface area contributed by atoms with E-state index < -0.39 is 15.8 Å². The average molecular weight is 370 g/mol. The molecule has 0 bridgehead atoms. The summed E-state index contributed by atoms with van der Waals surface area (Å²) >= 11 is 1.60. The maximum Gasteiger partial charge on any atom is 0.240 e. The Morgan fingerprint density at radius 1 is 1.25 bits per heavy atom. The summed E-state index contributed by atoms with van der Waals surface area (Å²) in [5, 5.41) is 1.98. The molecule has 1 aromatic carbocycles. The van der Waals surface area contributed by atoms with Crippen molar-refractivity contribution in [3.05, 3.63) is 52.5 Å². The van der Waals surface area contributed by atoms with Crippen LogP contribution in [0.15, 0.2) is 46.7 Å². The zero-order valence-corrected chi connectivity index (χ0v) is 14.7. The zero-order chi connectivity index (χ0) is 17.0. The van der Waals surface area contributed by atoms with Crippen LogP contribution < -0.4 is 4.72 Å². The minimum Gasteiger partial charge on any atom is -0.379 e. The van der Waals surface area contributed by atoms with Gasteiger partial charge in [0.05, 0.1) is 24.2 Å². The molecule has 24 heavy (non-hydrogen) atoms. The highest BCUT2D eigenvalue weighted by molar-refractivity contribution is 7.89. The van der Waals surface area contributed by atoms with Gasteiger partial charge < -0.3 is 4.74 Å². The molecule has 0 amide bonds. The average Bonchev–Trinajstić information content (AvgIpc) is 3.10. The summed E-state index contributed by atoms with van der Waals surface area (Å²) in [5.41, 5.74) is 0. The summed E-state index contributed by atoms with van der Waals surface area (Å²) < 4.78 is 46.1. The number of thiophene rings is 1. The lowest BCUT2D eigenvalue weighted by atomic mass is 10.2. The van der Waals surface area contributed by atoms with Crippen LogP contribution >= 0.6 is 11.3 Å². The molecule has 0 aliphatic carbocycles. The van der Waals surface area contributed by atoms with Gasteiger partial charge in [-0.05, 0) is 29.6 Å². The van der Waals surface area contributed by atoms with Gasteiger partial charge in [-0.2, -0.15) is 0 Å².